The topological polar surface area (TPSA) is 60.9 Å². The quantitative estimate of drug-likeness (QED) is 0.795. The largest absolute Gasteiger partial charge is 0.395 e. The molecule has 1 unspecified atom stereocenters. The molecule has 0 bridgehead atoms. The van der Waals surface area contributed by atoms with Crippen LogP contribution in [0.2, 0.25) is 0 Å². The molecule has 2 rings (SSSR count). The first-order valence-electron chi connectivity index (χ1n) is 7.36. The lowest BCUT2D eigenvalue weighted by Crippen LogP contribution is -2.44. The minimum Gasteiger partial charge on any atom is -0.395 e. The molecule has 0 aromatic heterocycles. The van der Waals surface area contributed by atoms with Crippen molar-refractivity contribution < 1.29 is 14.7 Å². The van der Waals surface area contributed by atoms with E-state index in [1.807, 2.05) is 11.8 Å². The predicted octanol–water partition coefficient (Wildman–Crippen LogP) is 0.618. The molecule has 19 heavy (non-hydrogen) atoms. The highest BCUT2D eigenvalue weighted by Gasteiger charge is 2.37. The van der Waals surface area contributed by atoms with Gasteiger partial charge in [-0.1, -0.05) is 12.8 Å². The summed E-state index contributed by atoms with van der Waals surface area (Å²) in [7, 11) is 0. The van der Waals surface area contributed by atoms with Crippen LogP contribution in [0.3, 0.4) is 0 Å². The maximum Gasteiger partial charge on any atom is 0.228 e. The summed E-state index contributed by atoms with van der Waals surface area (Å²) >= 11 is 0. The number of nitrogens with zero attached hydrogens (tertiary/aromatic N) is 2. The van der Waals surface area contributed by atoms with Crippen molar-refractivity contribution in [1.29, 1.82) is 0 Å². The third kappa shape index (κ3) is 3.08. The molecule has 2 amide bonds. The van der Waals surface area contributed by atoms with Crippen LogP contribution in [0.15, 0.2) is 0 Å². The zero-order valence-electron chi connectivity index (χ0n) is 11.7. The van der Waals surface area contributed by atoms with Crippen molar-refractivity contribution in [2.45, 2.75) is 45.1 Å². The first-order valence-corrected chi connectivity index (χ1v) is 7.36. The lowest BCUT2D eigenvalue weighted by Gasteiger charge is -2.30. The second kappa shape index (κ2) is 6.37. The molecular weight excluding hydrogens is 244 g/mol. The molecule has 5 nitrogen and oxygen atoms in total. The molecular formula is C14H24N2O3. The van der Waals surface area contributed by atoms with Gasteiger partial charge < -0.3 is 14.9 Å². The lowest BCUT2D eigenvalue weighted by molar-refractivity contribution is -0.138. The summed E-state index contributed by atoms with van der Waals surface area (Å²) in [6.45, 7) is 3.56. The van der Waals surface area contributed by atoms with Crippen LogP contribution in [-0.2, 0) is 9.59 Å². The predicted molar refractivity (Wildman–Crippen MR) is 71.4 cm³/mol. The van der Waals surface area contributed by atoms with Crippen LogP contribution in [0.5, 0.6) is 0 Å². The third-order valence-corrected chi connectivity index (χ3v) is 4.33. The van der Waals surface area contributed by atoms with Gasteiger partial charge in [-0.05, 0) is 19.8 Å². The number of rotatable bonds is 5. The Balaban J connectivity index is 2.01. The lowest BCUT2D eigenvalue weighted by atomic mass is 10.1. The van der Waals surface area contributed by atoms with Gasteiger partial charge in [0, 0.05) is 32.1 Å². The van der Waals surface area contributed by atoms with E-state index in [1.165, 1.54) is 0 Å². The second-order valence-electron chi connectivity index (χ2n) is 5.53. The highest BCUT2D eigenvalue weighted by Crippen LogP contribution is 2.27. The van der Waals surface area contributed by atoms with E-state index >= 15 is 0 Å². The molecule has 1 N–H and O–H groups in total. The maximum atomic E-state index is 12.6. The highest BCUT2D eigenvalue weighted by atomic mass is 16.3. The van der Waals surface area contributed by atoms with Gasteiger partial charge in [-0.2, -0.15) is 0 Å². The van der Waals surface area contributed by atoms with Crippen molar-refractivity contribution in [2.24, 2.45) is 5.92 Å². The summed E-state index contributed by atoms with van der Waals surface area (Å²) in [5, 5.41) is 9.17. The van der Waals surface area contributed by atoms with Gasteiger partial charge in [0.25, 0.3) is 0 Å². The van der Waals surface area contributed by atoms with E-state index < -0.39 is 0 Å². The molecule has 1 saturated carbocycles. The molecule has 2 fully saturated rings. The zero-order chi connectivity index (χ0) is 13.8. The van der Waals surface area contributed by atoms with Crippen LogP contribution >= 0.6 is 0 Å². The Kier molecular flexibility index (Phi) is 4.80. The van der Waals surface area contributed by atoms with Crippen LogP contribution in [0.1, 0.15) is 39.0 Å². The SMILES string of the molecule is CCN1CC(C(=O)N(CCO)C2CCCC2)CC1=O. The van der Waals surface area contributed by atoms with Crippen LogP contribution in [0.25, 0.3) is 0 Å². The minimum atomic E-state index is -0.209. The van der Waals surface area contributed by atoms with Crippen molar-refractivity contribution >= 4 is 11.8 Å². The number of hydrogen-bond donors (Lipinski definition) is 1. The third-order valence-electron chi connectivity index (χ3n) is 4.33. The first-order chi connectivity index (χ1) is 9.17. The first kappa shape index (κ1) is 14.3. The molecule has 1 heterocycles. The number of carbonyl (C=O) groups excluding carboxylic acids is 2. The normalized spacial score (nSPS) is 24.2. The zero-order valence-corrected chi connectivity index (χ0v) is 11.7. The van der Waals surface area contributed by atoms with Gasteiger partial charge >= 0.3 is 0 Å². The average Bonchev–Trinajstić information content (AvgIpc) is 3.04. The Hall–Kier alpha value is -1.10. The molecule has 0 spiro atoms. The second-order valence-corrected chi connectivity index (χ2v) is 5.53. The van der Waals surface area contributed by atoms with E-state index in [0.717, 1.165) is 25.7 Å². The smallest absolute Gasteiger partial charge is 0.228 e. The molecule has 1 atom stereocenters. The van der Waals surface area contributed by atoms with E-state index in [1.54, 1.807) is 4.90 Å². The van der Waals surface area contributed by atoms with Gasteiger partial charge in [0.15, 0.2) is 0 Å². The monoisotopic (exact) mass is 268 g/mol. The molecule has 1 aliphatic heterocycles. The van der Waals surface area contributed by atoms with E-state index in [-0.39, 0.29) is 30.4 Å². The number of carbonyl (C=O) groups is 2. The number of amides is 2. The number of aliphatic hydroxyl groups is 1. The molecule has 2 aliphatic rings. The van der Waals surface area contributed by atoms with Crippen molar-refractivity contribution in [3.8, 4) is 0 Å². The van der Waals surface area contributed by atoms with E-state index in [2.05, 4.69) is 0 Å². The Morgan fingerprint density at radius 2 is 2.11 bits per heavy atom. The standard InChI is InChI=1S/C14H24N2O3/c1-2-15-10-11(9-13(15)18)14(19)16(7-8-17)12-5-3-4-6-12/h11-12,17H,2-10H2,1H3. The van der Waals surface area contributed by atoms with Crippen LogP contribution in [-0.4, -0.2) is 59.0 Å². The van der Waals surface area contributed by atoms with Gasteiger partial charge in [0.2, 0.25) is 11.8 Å². The number of likely N-dealkylation sites (tertiary alicyclic amines) is 1. The Labute approximate surface area is 114 Å². The number of aliphatic hydroxyl groups excluding tert-OH is 1. The van der Waals surface area contributed by atoms with E-state index in [9.17, 15) is 9.59 Å². The van der Waals surface area contributed by atoms with Gasteiger partial charge in [-0.15, -0.1) is 0 Å². The Morgan fingerprint density at radius 3 is 2.63 bits per heavy atom. The summed E-state index contributed by atoms with van der Waals surface area (Å²) in [4.78, 5) is 27.9. The fourth-order valence-corrected chi connectivity index (χ4v) is 3.27. The van der Waals surface area contributed by atoms with Crippen LogP contribution in [0, 0.1) is 5.92 Å². The molecule has 0 radical (unpaired) electrons. The van der Waals surface area contributed by atoms with Crippen LogP contribution < -0.4 is 0 Å². The summed E-state index contributed by atoms with van der Waals surface area (Å²) in [5.41, 5.74) is 0. The maximum absolute atomic E-state index is 12.6. The summed E-state index contributed by atoms with van der Waals surface area (Å²) in [6, 6.07) is 0.269. The van der Waals surface area contributed by atoms with Crippen molar-refractivity contribution in [2.75, 3.05) is 26.2 Å². The van der Waals surface area contributed by atoms with Gasteiger partial charge in [-0.25, -0.2) is 0 Å². The number of hydrogen-bond acceptors (Lipinski definition) is 3. The van der Waals surface area contributed by atoms with Gasteiger partial charge in [0.1, 0.15) is 0 Å². The van der Waals surface area contributed by atoms with Crippen molar-refractivity contribution in [3.63, 3.8) is 0 Å². The Morgan fingerprint density at radius 1 is 1.42 bits per heavy atom. The fraction of sp³-hybridized carbons (Fsp3) is 0.857. The summed E-state index contributed by atoms with van der Waals surface area (Å²) in [5.74, 6) is -0.0685. The summed E-state index contributed by atoms with van der Waals surface area (Å²) in [6.07, 6.45) is 4.71. The summed E-state index contributed by atoms with van der Waals surface area (Å²) < 4.78 is 0. The Bertz CT molecular complexity index is 340. The molecule has 0 aromatic rings. The molecule has 5 heteroatoms. The van der Waals surface area contributed by atoms with E-state index in [4.69, 9.17) is 5.11 Å². The van der Waals surface area contributed by atoms with Gasteiger partial charge in [-0.3, -0.25) is 9.59 Å². The highest BCUT2D eigenvalue weighted by molar-refractivity contribution is 5.89. The van der Waals surface area contributed by atoms with Gasteiger partial charge in [0.05, 0.1) is 12.5 Å². The molecule has 1 aliphatic carbocycles. The van der Waals surface area contributed by atoms with Crippen LogP contribution in [0.4, 0.5) is 0 Å². The van der Waals surface area contributed by atoms with Crippen molar-refractivity contribution in [3.05, 3.63) is 0 Å². The molecule has 0 aromatic carbocycles. The van der Waals surface area contributed by atoms with Crippen molar-refractivity contribution in [1.82, 2.24) is 9.80 Å². The molecule has 108 valence electrons. The fourth-order valence-electron chi connectivity index (χ4n) is 3.27. The molecule has 1 saturated heterocycles. The van der Waals surface area contributed by atoms with E-state index in [0.29, 0.717) is 26.1 Å². The minimum absolute atomic E-state index is 0.000395. The average molecular weight is 268 g/mol.